The minimum atomic E-state index is 0.504. The van der Waals surface area contributed by atoms with Gasteiger partial charge in [-0.05, 0) is 51.9 Å². The molecule has 3 heteroatoms. The van der Waals surface area contributed by atoms with Crippen LogP contribution in [0.5, 0.6) is 0 Å². The number of ether oxygens (including phenoxy) is 1. The Hall–Kier alpha value is -0.120. The maximum atomic E-state index is 5.78. The van der Waals surface area contributed by atoms with Crippen molar-refractivity contribution in [1.29, 1.82) is 0 Å². The van der Waals surface area contributed by atoms with E-state index >= 15 is 0 Å². The first-order valence-electron chi connectivity index (χ1n) is 7.87. The fourth-order valence-corrected chi connectivity index (χ4v) is 2.74. The number of rotatable bonds is 9. The molecule has 18 heavy (non-hydrogen) atoms. The Morgan fingerprint density at radius 1 is 1.22 bits per heavy atom. The standard InChI is InChI=1S/C15H32N2O/c1-4-8-15-13-14(9-12-18-15)16-10-7-11-17(5-2)6-3/h14-16H,4-13H2,1-3H3. The van der Waals surface area contributed by atoms with Gasteiger partial charge in [-0.1, -0.05) is 27.2 Å². The second-order valence-electron chi connectivity index (χ2n) is 5.34. The highest BCUT2D eigenvalue weighted by Gasteiger charge is 2.21. The summed E-state index contributed by atoms with van der Waals surface area (Å²) in [5.74, 6) is 0. The molecule has 0 bridgehead atoms. The zero-order valence-electron chi connectivity index (χ0n) is 12.6. The van der Waals surface area contributed by atoms with E-state index in [1.165, 1.54) is 51.7 Å². The average Bonchev–Trinajstić information content (AvgIpc) is 2.40. The second kappa shape index (κ2) is 9.76. The zero-order chi connectivity index (χ0) is 13.2. The molecule has 1 rings (SSSR count). The normalized spacial score (nSPS) is 24.7. The van der Waals surface area contributed by atoms with E-state index in [1.807, 2.05) is 0 Å². The molecule has 0 radical (unpaired) electrons. The maximum Gasteiger partial charge on any atom is 0.0589 e. The summed E-state index contributed by atoms with van der Waals surface area (Å²) in [4.78, 5) is 2.49. The first-order chi connectivity index (χ1) is 8.80. The maximum absolute atomic E-state index is 5.78. The van der Waals surface area contributed by atoms with Crippen LogP contribution in [0.15, 0.2) is 0 Å². The third-order valence-electron chi connectivity index (χ3n) is 3.96. The SMILES string of the molecule is CCCC1CC(NCCCN(CC)CC)CCO1. The molecule has 0 aliphatic carbocycles. The molecule has 1 aliphatic rings. The van der Waals surface area contributed by atoms with Crippen LogP contribution in [0.2, 0.25) is 0 Å². The smallest absolute Gasteiger partial charge is 0.0589 e. The quantitative estimate of drug-likeness (QED) is 0.642. The Morgan fingerprint density at radius 2 is 2.00 bits per heavy atom. The van der Waals surface area contributed by atoms with Crippen LogP contribution in [0.25, 0.3) is 0 Å². The van der Waals surface area contributed by atoms with Crippen molar-refractivity contribution in [3.63, 3.8) is 0 Å². The lowest BCUT2D eigenvalue weighted by Crippen LogP contribution is -2.40. The van der Waals surface area contributed by atoms with Crippen molar-refractivity contribution in [3.8, 4) is 0 Å². The molecule has 0 saturated carbocycles. The first kappa shape index (κ1) is 15.9. The highest BCUT2D eigenvalue weighted by atomic mass is 16.5. The fraction of sp³-hybridized carbons (Fsp3) is 1.00. The lowest BCUT2D eigenvalue weighted by Gasteiger charge is -2.30. The van der Waals surface area contributed by atoms with Gasteiger partial charge in [0.25, 0.3) is 0 Å². The third kappa shape index (κ3) is 6.17. The molecule has 108 valence electrons. The molecule has 1 aliphatic heterocycles. The van der Waals surface area contributed by atoms with Crippen LogP contribution in [-0.4, -0.2) is 49.8 Å². The minimum Gasteiger partial charge on any atom is -0.378 e. The van der Waals surface area contributed by atoms with Gasteiger partial charge in [0.2, 0.25) is 0 Å². The van der Waals surface area contributed by atoms with Crippen molar-refractivity contribution >= 4 is 0 Å². The predicted octanol–water partition coefficient (Wildman–Crippen LogP) is 2.66. The highest BCUT2D eigenvalue weighted by Crippen LogP contribution is 2.17. The average molecular weight is 256 g/mol. The van der Waals surface area contributed by atoms with E-state index in [0.717, 1.165) is 13.2 Å². The van der Waals surface area contributed by atoms with E-state index in [-0.39, 0.29) is 0 Å². The third-order valence-corrected chi connectivity index (χ3v) is 3.96. The van der Waals surface area contributed by atoms with Gasteiger partial charge in [-0.15, -0.1) is 0 Å². The van der Waals surface area contributed by atoms with Gasteiger partial charge < -0.3 is 15.0 Å². The molecule has 0 aromatic rings. The van der Waals surface area contributed by atoms with Gasteiger partial charge in [0.05, 0.1) is 6.10 Å². The second-order valence-corrected chi connectivity index (χ2v) is 5.34. The van der Waals surface area contributed by atoms with Crippen LogP contribution in [0.3, 0.4) is 0 Å². The Balaban J connectivity index is 2.07. The molecule has 1 fully saturated rings. The molecule has 1 saturated heterocycles. The van der Waals surface area contributed by atoms with Crippen LogP contribution in [0, 0.1) is 0 Å². The van der Waals surface area contributed by atoms with Gasteiger partial charge in [0, 0.05) is 12.6 Å². The van der Waals surface area contributed by atoms with Gasteiger partial charge >= 0.3 is 0 Å². The number of nitrogens with one attached hydrogen (secondary N) is 1. The number of hydrogen-bond donors (Lipinski definition) is 1. The molecule has 2 atom stereocenters. The molecule has 0 aromatic carbocycles. The van der Waals surface area contributed by atoms with Crippen LogP contribution < -0.4 is 5.32 Å². The van der Waals surface area contributed by atoms with Crippen molar-refractivity contribution in [2.24, 2.45) is 0 Å². The Bertz CT molecular complexity index is 193. The van der Waals surface area contributed by atoms with Crippen molar-refractivity contribution in [2.75, 3.05) is 32.8 Å². The fourth-order valence-electron chi connectivity index (χ4n) is 2.74. The summed E-state index contributed by atoms with van der Waals surface area (Å²) in [6, 6.07) is 0.687. The first-order valence-corrected chi connectivity index (χ1v) is 7.87. The molecular weight excluding hydrogens is 224 g/mol. The molecule has 0 spiro atoms. The Labute approximate surface area is 113 Å². The van der Waals surface area contributed by atoms with E-state index in [4.69, 9.17) is 4.74 Å². The van der Waals surface area contributed by atoms with E-state index < -0.39 is 0 Å². The van der Waals surface area contributed by atoms with Gasteiger partial charge in [-0.2, -0.15) is 0 Å². The van der Waals surface area contributed by atoms with Gasteiger partial charge in [0.1, 0.15) is 0 Å². The topological polar surface area (TPSA) is 24.5 Å². The zero-order valence-corrected chi connectivity index (χ0v) is 12.6. The minimum absolute atomic E-state index is 0.504. The summed E-state index contributed by atoms with van der Waals surface area (Å²) in [5.41, 5.74) is 0. The lowest BCUT2D eigenvalue weighted by atomic mass is 10.00. The summed E-state index contributed by atoms with van der Waals surface area (Å²) in [6.45, 7) is 12.4. The monoisotopic (exact) mass is 256 g/mol. The molecule has 1 heterocycles. The van der Waals surface area contributed by atoms with Crippen molar-refractivity contribution in [3.05, 3.63) is 0 Å². The van der Waals surface area contributed by atoms with E-state index in [9.17, 15) is 0 Å². The van der Waals surface area contributed by atoms with E-state index in [1.54, 1.807) is 0 Å². The lowest BCUT2D eigenvalue weighted by molar-refractivity contribution is -0.00317. The molecular formula is C15H32N2O. The van der Waals surface area contributed by atoms with Gasteiger partial charge in [-0.3, -0.25) is 0 Å². The van der Waals surface area contributed by atoms with Gasteiger partial charge in [0.15, 0.2) is 0 Å². The Kier molecular flexibility index (Phi) is 8.64. The number of hydrogen-bond acceptors (Lipinski definition) is 3. The van der Waals surface area contributed by atoms with Crippen LogP contribution in [-0.2, 0) is 4.74 Å². The summed E-state index contributed by atoms with van der Waals surface area (Å²) < 4.78 is 5.78. The predicted molar refractivity (Wildman–Crippen MR) is 78.1 cm³/mol. The van der Waals surface area contributed by atoms with Crippen LogP contribution in [0.1, 0.15) is 52.9 Å². The number of nitrogens with zero attached hydrogens (tertiary/aromatic N) is 1. The summed E-state index contributed by atoms with van der Waals surface area (Å²) in [7, 11) is 0. The Morgan fingerprint density at radius 3 is 2.67 bits per heavy atom. The molecule has 1 N–H and O–H groups in total. The summed E-state index contributed by atoms with van der Waals surface area (Å²) >= 11 is 0. The van der Waals surface area contributed by atoms with Crippen molar-refractivity contribution < 1.29 is 4.74 Å². The van der Waals surface area contributed by atoms with Crippen molar-refractivity contribution in [1.82, 2.24) is 10.2 Å². The molecule has 2 unspecified atom stereocenters. The van der Waals surface area contributed by atoms with E-state index in [0.29, 0.717) is 12.1 Å². The van der Waals surface area contributed by atoms with Gasteiger partial charge in [-0.25, -0.2) is 0 Å². The van der Waals surface area contributed by atoms with Crippen molar-refractivity contribution in [2.45, 2.75) is 65.0 Å². The summed E-state index contributed by atoms with van der Waals surface area (Å²) in [6.07, 6.45) is 6.61. The molecule has 0 aromatic heterocycles. The molecule has 0 amide bonds. The van der Waals surface area contributed by atoms with Crippen LogP contribution in [0.4, 0.5) is 0 Å². The summed E-state index contributed by atoms with van der Waals surface area (Å²) in [5, 5.41) is 3.71. The molecule has 3 nitrogen and oxygen atoms in total. The van der Waals surface area contributed by atoms with Crippen LogP contribution >= 0.6 is 0 Å². The van der Waals surface area contributed by atoms with E-state index in [2.05, 4.69) is 31.0 Å². The highest BCUT2D eigenvalue weighted by molar-refractivity contribution is 4.76. The largest absolute Gasteiger partial charge is 0.378 e.